The van der Waals surface area contributed by atoms with Crippen molar-refractivity contribution >= 4 is 29.1 Å². The minimum atomic E-state index is -0.102. The van der Waals surface area contributed by atoms with Gasteiger partial charge in [0.05, 0.1) is 5.92 Å². The second-order valence-corrected chi connectivity index (χ2v) is 7.14. The van der Waals surface area contributed by atoms with Crippen molar-refractivity contribution in [2.24, 2.45) is 0 Å². The Kier molecular flexibility index (Phi) is 4.66. The monoisotopic (exact) mass is 387 g/mol. The predicted molar refractivity (Wildman–Crippen MR) is 99.0 cm³/mol. The molecule has 0 aliphatic carbocycles. The molecule has 3 aromatic rings. The normalized spacial score (nSPS) is 17.1. The highest BCUT2D eigenvalue weighted by Crippen LogP contribution is 2.30. The summed E-state index contributed by atoms with van der Waals surface area (Å²) in [6.07, 6.45) is 0.366. The maximum Gasteiger partial charge on any atom is 0.232 e. The maximum atomic E-state index is 12.3. The summed E-state index contributed by atoms with van der Waals surface area (Å²) in [6.45, 7) is 1.10. The van der Waals surface area contributed by atoms with Gasteiger partial charge < -0.3 is 9.42 Å². The van der Waals surface area contributed by atoms with Gasteiger partial charge in [-0.3, -0.25) is 4.79 Å². The van der Waals surface area contributed by atoms with Crippen LogP contribution in [-0.2, 0) is 11.3 Å². The van der Waals surface area contributed by atoms with E-state index in [2.05, 4.69) is 10.1 Å². The van der Waals surface area contributed by atoms with E-state index < -0.39 is 0 Å². The number of benzene rings is 2. The fourth-order valence-electron chi connectivity index (χ4n) is 3.05. The highest BCUT2D eigenvalue weighted by molar-refractivity contribution is 6.31. The number of likely N-dealkylation sites (tertiary alicyclic amines) is 1. The van der Waals surface area contributed by atoms with E-state index in [1.165, 1.54) is 0 Å². The van der Waals surface area contributed by atoms with Gasteiger partial charge in [-0.15, -0.1) is 0 Å². The average Bonchev–Trinajstić information content (AvgIpc) is 3.24. The Hall–Kier alpha value is -2.37. The molecule has 0 saturated carbocycles. The van der Waals surface area contributed by atoms with Crippen molar-refractivity contribution in [3.8, 4) is 11.4 Å². The fourth-order valence-corrected chi connectivity index (χ4v) is 3.36. The van der Waals surface area contributed by atoms with E-state index in [0.717, 1.165) is 11.1 Å². The lowest BCUT2D eigenvalue weighted by Crippen LogP contribution is -2.24. The van der Waals surface area contributed by atoms with E-state index in [1.54, 1.807) is 17.0 Å². The van der Waals surface area contributed by atoms with Crippen LogP contribution in [-0.4, -0.2) is 27.5 Å². The number of carbonyl (C=O) groups is 1. The van der Waals surface area contributed by atoms with Crippen LogP contribution in [0.5, 0.6) is 0 Å². The van der Waals surface area contributed by atoms with Gasteiger partial charge in [0.1, 0.15) is 0 Å². The van der Waals surface area contributed by atoms with Gasteiger partial charge in [0, 0.05) is 35.1 Å². The molecule has 5 nitrogen and oxygen atoms in total. The molecule has 2 aromatic carbocycles. The SMILES string of the molecule is O=C1CC(c2nc(-c3cccc(Cl)c3)no2)CN1Cc1ccc(Cl)cc1. The van der Waals surface area contributed by atoms with Crippen LogP contribution in [0.1, 0.15) is 23.8 Å². The third kappa shape index (κ3) is 3.59. The molecule has 1 aromatic heterocycles. The summed E-state index contributed by atoms with van der Waals surface area (Å²) in [5.74, 6) is 0.931. The molecular formula is C19H15Cl2N3O2. The van der Waals surface area contributed by atoms with Crippen LogP contribution in [0, 0.1) is 0 Å². The molecule has 1 amide bonds. The number of hydrogen-bond acceptors (Lipinski definition) is 4. The Morgan fingerprint density at radius 2 is 1.92 bits per heavy atom. The summed E-state index contributed by atoms with van der Waals surface area (Å²) < 4.78 is 5.40. The summed E-state index contributed by atoms with van der Waals surface area (Å²) in [4.78, 5) is 18.6. The van der Waals surface area contributed by atoms with Crippen LogP contribution in [0.25, 0.3) is 11.4 Å². The van der Waals surface area contributed by atoms with Gasteiger partial charge in [0.25, 0.3) is 0 Å². The molecule has 1 saturated heterocycles. The maximum absolute atomic E-state index is 12.3. The topological polar surface area (TPSA) is 59.2 Å². The predicted octanol–water partition coefficient (Wildman–Crippen LogP) is 4.56. The zero-order valence-corrected chi connectivity index (χ0v) is 15.2. The van der Waals surface area contributed by atoms with E-state index in [4.69, 9.17) is 27.7 Å². The van der Waals surface area contributed by atoms with Gasteiger partial charge in [-0.05, 0) is 29.8 Å². The lowest BCUT2D eigenvalue weighted by Gasteiger charge is -2.16. The Bertz CT molecular complexity index is 940. The molecule has 1 unspecified atom stereocenters. The number of rotatable bonds is 4. The summed E-state index contributed by atoms with van der Waals surface area (Å²) >= 11 is 11.9. The summed E-state index contributed by atoms with van der Waals surface area (Å²) in [6, 6.07) is 14.8. The summed E-state index contributed by atoms with van der Waals surface area (Å²) in [7, 11) is 0. The number of amides is 1. The third-order valence-electron chi connectivity index (χ3n) is 4.37. The van der Waals surface area contributed by atoms with Gasteiger partial charge in [0.2, 0.25) is 17.6 Å². The Morgan fingerprint density at radius 1 is 1.12 bits per heavy atom. The van der Waals surface area contributed by atoms with Gasteiger partial charge in [-0.1, -0.05) is 52.6 Å². The molecule has 2 heterocycles. The minimum absolute atomic E-state index is 0.0763. The molecule has 1 fully saturated rings. The largest absolute Gasteiger partial charge is 0.339 e. The molecule has 1 aliphatic heterocycles. The lowest BCUT2D eigenvalue weighted by atomic mass is 10.1. The van der Waals surface area contributed by atoms with Crippen LogP contribution >= 0.6 is 23.2 Å². The molecule has 1 aliphatic rings. The summed E-state index contributed by atoms with van der Waals surface area (Å²) in [5.41, 5.74) is 1.82. The Labute approximate surface area is 160 Å². The quantitative estimate of drug-likeness (QED) is 0.658. The molecule has 0 spiro atoms. The van der Waals surface area contributed by atoms with Gasteiger partial charge in [0.15, 0.2) is 0 Å². The van der Waals surface area contributed by atoms with Crippen LogP contribution in [0.15, 0.2) is 53.1 Å². The number of halogens is 2. The van der Waals surface area contributed by atoms with Crippen LogP contribution in [0.4, 0.5) is 0 Å². The van der Waals surface area contributed by atoms with E-state index in [9.17, 15) is 4.79 Å². The molecule has 0 bridgehead atoms. The van der Waals surface area contributed by atoms with Crippen molar-refractivity contribution in [3.05, 3.63) is 70.0 Å². The van der Waals surface area contributed by atoms with E-state index >= 15 is 0 Å². The van der Waals surface area contributed by atoms with Crippen molar-refractivity contribution in [2.45, 2.75) is 18.9 Å². The van der Waals surface area contributed by atoms with Gasteiger partial charge >= 0.3 is 0 Å². The van der Waals surface area contributed by atoms with E-state index in [1.807, 2.05) is 36.4 Å². The smallest absolute Gasteiger partial charge is 0.232 e. The second kappa shape index (κ2) is 7.09. The van der Waals surface area contributed by atoms with Crippen molar-refractivity contribution in [2.75, 3.05) is 6.54 Å². The molecule has 132 valence electrons. The van der Waals surface area contributed by atoms with Crippen molar-refractivity contribution in [3.63, 3.8) is 0 Å². The lowest BCUT2D eigenvalue weighted by molar-refractivity contribution is -0.128. The van der Waals surface area contributed by atoms with Crippen molar-refractivity contribution in [1.29, 1.82) is 0 Å². The number of nitrogens with zero attached hydrogens (tertiary/aromatic N) is 3. The molecule has 26 heavy (non-hydrogen) atoms. The first kappa shape index (κ1) is 17.1. The summed E-state index contributed by atoms with van der Waals surface area (Å²) in [5, 5.41) is 5.32. The number of hydrogen-bond donors (Lipinski definition) is 0. The van der Waals surface area contributed by atoms with Crippen LogP contribution in [0.2, 0.25) is 10.0 Å². The Balaban J connectivity index is 1.48. The second-order valence-electron chi connectivity index (χ2n) is 6.27. The molecule has 1 atom stereocenters. The van der Waals surface area contributed by atoms with E-state index in [0.29, 0.717) is 41.3 Å². The fraction of sp³-hybridized carbons (Fsp3) is 0.211. The van der Waals surface area contributed by atoms with Crippen LogP contribution < -0.4 is 0 Å². The zero-order chi connectivity index (χ0) is 18.1. The Morgan fingerprint density at radius 3 is 2.69 bits per heavy atom. The molecule has 4 rings (SSSR count). The first-order chi connectivity index (χ1) is 12.6. The third-order valence-corrected chi connectivity index (χ3v) is 4.86. The highest BCUT2D eigenvalue weighted by atomic mass is 35.5. The first-order valence-corrected chi connectivity index (χ1v) is 8.96. The molecule has 0 N–H and O–H groups in total. The van der Waals surface area contributed by atoms with Gasteiger partial charge in [-0.2, -0.15) is 4.98 Å². The molecular weight excluding hydrogens is 373 g/mol. The minimum Gasteiger partial charge on any atom is -0.339 e. The standard InChI is InChI=1S/C19H15Cl2N3O2/c20-15-6-4-12(5-7-15)10-24-11-14(9-17(24)25)19-22-18(23-26-19)13-2-1-3-16(21)8-13/h1-8,14H,9-11H2. The highest BCUT2D eigenvalue weighted by Gasteiger charge is 2.34. The van der Waals surface area contributed by atoms with Crippen molar-refractivity contribution in [1.82, 2.24) is 15.0 Å². The molecule has 0 radical (unpaired) electrons. The van der Waals surface area contributed by atoms with Gasteiger partial charge in [-0.25, -0.2) is 0 Å². The first-order valence-electron chi connectivity index (χ1n) is 8.20. The molecule has 7 heteroatoms. The van der Waals surface area contributed by atoms with Crippen LogP contribution in [0.3, 0.4) is 0 Å². The van der Waals surface area contributed by atoms with Crippen molar-refractivity contribution < 1.29 is 9.32 Å². The number of aromatic nitrogens is 2. The number of carbonyl (C=O) groups excluding carboxylic acids is 1. The van der Waals surface area contributed by atoms with E-state index in [-0.39, 0.29) is 11.8 Å². The zero-order valence-electron chi connectivity index (χ0n) is 13.7. The average molecular weight is 388 g/mol.